The first-order valence-corrected chi connectivity index (χ1v) is 11.9. The fraction of sp³-hybridized carbons (Fsp3) is 0.364. The zero-order chi connectivity index (χ0) is 22.0. The zero-order valence-corrected chi connectivity index (χ0v) is 18.5. The fourth-order valence-electron chi connectivity index (χ4n) is 3.70. The van der Waals surface area contributed by atoms with Gasteiger partial charge in [0.1, 0.15) is 11.9 Å². The molecule has 9 heteroatoms. The van der Waals surface area contributed by atoms with Gasteiger partial charge in [-0.1, -0.05) is 0 Å². The molecule has 8 nitrogen and oxygen atoms in total. The predicted octanol–water partition coefficient (Wildman–Crippen LogP) is 3.27. The number of primary sulfonamides is 1. The van der Waals surface area contributed by atoms with E-state index < -0.39 is 10.0 Å². The third-order valence-corrected chi connectivity index (χ3v) is 6.43. The van der Waals surface area contributed by atoms with Crippen LogP contribution in [0.2, 0.25) is 0 Å². The molecule has 4 rings (SSSR count). The van der Waals surface area contributed by atoms with E-state index >= 15 is 0 Å². The third-order valence-electron chi connectivity index (χ3n) is 5.50. The Hall–Kier alpha value is -2.75. The van der Waals surface area contributed by atoms with Crippen molar-refractivity contribution in [2.75, 3.05) is 18.4 Å². The summed E-state index contributed by atoms with van der Waals surface area (Å²) in [7, 11) is -3.72. The Morgan fingerprint density at radius 3 is 2.48 bits per heavy atom. The average Bonchev–Trinajstić information content (AvgIpc) is 2.74. The number of nitrogens with two attached hydrogens (primary N) is 1. The second-order valence-corrected chi connectivity index (χ2v) is 9.62. The van der Waals surface area contributed by atoms with Crippen molar-refractivity contribution in [3.63, 3.8) is 0 Å². The summed E-state index contributed by atoms with van der Waals surface area (Å²) in [6, 6.07) is 12.5. The molecule has 1 saturated heterocycles. The summed E-state index contributed by atoms with van der Waals surface area (Å²) in [4.78, 5) is 11.4. The Bertz CT molecular complexity index is 1160. The lowest BCUT2D eigenvalue weighted by atomic mass is 10.1. The SMILES string of the molecule is CC(C)N1CCC(Oc2ccc3cnc(Nc4ccc(S(N)(=O)=O)cc4)nc3c2)CC1. The molecule has 0 unspecified atom stereocenters. The molecule has 0 aliphatic carbocycles. The van der Waals surface area contributed by atoms with Gasteiger partial charge in [-0.3, -0.25) is 0 Å². The Labute approximate surface area is 182 Å². The van der Waals surface area contributed by atoms with Crippen molar-refractivity contribution in [1.82, 2.24) is 14.9 Å². The van der Waals surface area contributed by atoms with Crippen LogP contribution in [0.15, 0.2) is 53.6 Å². The van der Waals surface area contributed by atoms with Gasteiger partial charge in [0.05, 0.1) is 10.4 Å². The standard InChI is InChI=1S/C22H27N5O3S/c1-15(2)27-11-9-18(10-12-27)30-19-6-3-16-14-24-22(26-21(16)13-19)25-17-4-7-20(8-5-17)31(23,28)29/h3-8,13-15,18H,9-12H2,1-2H3,(H2,23,28,29)(H,24,25,26). The molecule has 0 amide bonds. The summed E-state index contributed by atoms with van der Waals surface area (Å²) >= 11 is 0. The first kappa shape index (κ1) is 21.5. The maximum absolute atomic E-state index is 11.4. The maximum atomic E-state index is 11.4. The quantitative estimate of drug-likeness (QED) is 0.604. The molecule has 1 aliphatic rings. The number of fused-ring (bicyclic) bond motifs is 1. The number of sulfonamides is 1. The number of hydrogen-bond donors (Lipinski definition) is 2. The molecule has 2 aromatic carbocycles. The second kappa shape index (κ2) is 8.78. The van der Waals surface area contributed by atoms with E-state index in [1.165, 1.54) is 12.1 Å². The van der Waals surface area contributed by atoms with Crippen LogP contribution in [0, 0.1) is 0 Å². The van der Waals surface area contributed by atoms with Crippen LogP contribution in [0.25, 0.3) is 10.9 Å². The van der Waals surface area contributed by atoms with E-state index in [0.717, 1.165) is 42.6 Å². The van der Waals surface area contributed by atoms with E-state index in [2.05, 4.69) is 34.0 Å². The number of hydrogen-bond acceptors (Lipinski definition) is 7. The highest BCUT2D eigenvalue weighted by atomic mass is 32.2. The van der Waals surface area contributed by atoms with Crippen molar-refractivity contribution < 1.29 is 13.2 Å². The molecule has 3 aromatic rings. The molecule has 164 valence electrons. The van der Waals surface area contributed by atoms with E-state index in [1.807, 2.05) is 18.2 Å². The lowest BCUT2D eigenvalue weighted by Crippen LogP contribution is -2.41. The molecule has 0 bridgehead atoms. The topological polar surface area (TPSA) is 110 Å². The minimum atomic E-state index is -3.72. The van der Waals surface area contributed by atoms with E-state index in [4.69, 9.17) is 9.88 Å². The highest BCUT2D eigenvalue weighted by Gasteiger charge is 2.22. The van der Waals surface area contributed by atoms with Crippen LogP contribution in [0.1, 0.15) is 26.7 Å². The number of likely N-dealkylation sites (tertiary alicyclic amines) is 1. The van der Waals surface area contributed by atoms with Gasteiger partial charge in [0.15, 0.2) is 0 Å². The number of anilines is 2. The Morgan fingerprint density at radius 2 is 1.84 bits per heavy atom. The number of rotatable bonds is 6. The fourth-order valence-corrected chi connectivity index (χ4v) is 4.21. The molecule has 2 heterocycles. The molecule has 1 aromatic heterocycles. The summed E-state index contributed by atoms with van der Waals surface area (Å²) in [6.45, 7) is 6.56. The minimum absolute atomic E-state index is 0.0542. The van der Waals surface area contributed by atoms with Crippen molar-refractivity contribution in [3.8, 4) is 5.75 Å². The summed E-state index contributed by atoms with van der Waals surface area (Å²) in [5.41, 5.74) is 1.44. The monoisotopic (exact) mass is 441 g/mol. The van der Waals surface area contributed by atoms with Gasteiger partial charge in [-0.25, -0.2) is 23.5 Å². The molecule has 31 heavy (non-hydrogen) atoms. The molecule has 0 saturated carbocycles. The van der Waals surface area contributed by atoms with Crippen LogP contribution < -0.4 is 15.2 Å². The highest BCUT2D eigenvalue weighted by Crippen LogP contribution is 2.25. The Kier molecular flexibility index (Phi) is 6.08. The Morgan fingerprint density at radius 1 is 1.13 bits per heavy atom. The normalized spacial score (nSPS) is 16.0. The van der Waals surface area contributed by atoms with Crippen molar-refractivity contribution in [2.45, 2.75) is 43.7 Å². The van der Waals surface area contributed by atoms with Gasteiger partial charge >= 0.3 is 0 Å². The summed E-state index contributed by atoms with van der Waals surface area (Å²) < 4.78 is 29.0. The van der Waals surface area contributed by atoms with E-state index in [9.17, 15) is 8.42 Å². The number of aromatic nitrogens is 2. The van der Waals surface area contributed by atoms with Crippen LogP contribution in [0.3, 0.4) is 0 Å². The summed E-state index contributed by atoms with van der Waals surface area (Å²) in [6.07, 6.45) is 3.99. The highest BCUT2D eigenvalue weighted by molar-refractivity contribution is 7.89. The van der Waals surface area contributed by atoms with Crippen molar-refractivity contribution in [3.05, 3.63) is 48.7 Å². The molecule has 0 atom stereocenters. The van der Waals surface area contributed by atoms with Crippen molar-refractivity contribution in [2.24, 2.45) is 5.14 Å². The Balaban J connectivity index is 1.46. The third kappa shape index (κ3) is 5.30. The van der Waals surface area contributed by atoms with Gasteiger partial charge in [-0.15, -0.1) is 0 Å². The molecule has 1 aliphatic heterocycles. The molecule has 0 radical (unpaired) electrons. The van der Waals surface area contributed by atoms with Gasteiger partial charge in [-0.2, -0.15) is 0 Å². The van der Waals surface area contributed by atoms with Crippen LogP contribution in [-0.2, 0) is 10.0 Å². The summed E-state index contributed by atoms with van der Waals surface area (Å²) in [5.74, 6) is 1.22. The average molecular weight is 442 g/mol. The van der Waals surface area contributed by atoms with Crippen LogP contribution in [-0.4, -0.2) is 48.5 Å². The number of benzene rings is 2. The van der Waals surface area contributed by atoms with E-state index in [-0.39, 0.29) is 11.0 Å². The van der Waals surface area contributed by atoms with Gasteiger partial charge < -0.3 is 15.0 Å². The second-order valence-electron chi connectivity index (χ2n) is 8.06. The number of piperidine rings is 1. The van der Waals surface area contributed by atoms with Crippen LogP contribution >= 0.6 is 0 Å². The zero-order valence-electron chi connectivity index (χ0n) is 17.7. The van der Waals surface area contributed by atoms with Crippen molar-refractivity contribution in [1.29, 1.82) is 0 Å². The smallest absolute Gasteiger partial charge is 0.238 e. The molecule has 3 N–H and O–H groups in total. The first-order valence-electron chi connectivity index (χ1n) is 10.4. The van der Waals surface area contributed by atoms with Crippen molar-refractivity contribution >= 4 is 32.6 Å². The van der Waals surface area contributed by atoms with Gasteiger partial charge in [0.25, 0.3) is 0 Å². The van der Waals surface area contributed by atoms with Gasteiger partial charge in [0.2, 0.25) is 16.0 Å². The number of nitrogens with zero attached hydrogens (tertiary/aromatic N) is 3. The van der Waals surface area contributed by atoms with Crippen LogP contribution in [0.5, 0.6) is 5.75 Å². The first-order chi connectivity index (χ1) is 14.8. The largest absolute Gasteiger partial charge is 0.490 e. The number of nitrogens with one attached hydrogen (secondary N) is 1. The molecular weight excluding hydrogens is 414 g/mol. The predicted molar refractivity (Wildman–Crippen MR) is 121 cm³/mol. The molecule has 0 spiro atoms. The van der Waals surface area contributed by atoms with Gasteiger partial charge in [0, 0.05) is 42.5 Å². The summed E-state index contributed by atoms with van der Waals surface area (Å²) in [5, 5.41) is 9.14. The molecular formula is C22H27N5O3S. The maximum Gasteiger partial charge on any atom is 0.238 e. The van der Waals surface area contributed by atoms with Gasteiger partial charge in [-0.05, 0) is 63.1 Å². The lowest BCUT2D eigenvalue weighted by Gasteiger charge is -2.34. The lowest BCUT2D eigenvalue weighted by molar-refractivity contribution is 0.0844. The van der Waals surface area contributed by atoms with E-state index in [1.54, 1.807) is 18.3 Å². The molecule has 1 fully saturated rings. The van der Waals surface area contributed by atoms with E-state index in [0.29, 0.717) is 17.7 Å². The van der Waals surface area contributed by atoms with Crippen LogP contribution in [0.4, 0.5) is 11.6 Å². The number of ether oxygens (including phenoxy) is 1. The minimum Gasteiger partial charge on any atom is -0.490 e.